The summed E-state index contributed by atoms with van der Waals surface area (Å²) in [6, 6.07) is -0.198. The molecule has 2 rings (SSSR count). The molecule has 2 fully saturated rings. The van der Waals surface area contributed by atoms with E-state index in [4.69, 9.17) is 0 Å². The SMILES string of the molecule is CC(C)CC1(CNC(=O)C2CC(O)CN2)CCC1.Cl. The fraction of sp³-hybridized carbons (Fsp3) is 0.929. The highest BCUT2D eigenvalue weighted by Gasteiger charge is 2.38. The van der Waals surface area contributed by atoms with E-state index in [1.54, 1.807) is 0 Å². The summed E-state index contributed by atoms with van der Waals surface area (Å²) in [6.45, 7) is 5.83. The van der Waals surface area contributed by atoms with Crippen LogP contribution >= 0.6 is 12.4 Å². The van der Waals surface area contributed by atoms with Crippen LogP contribution in [-0.2, 0) is 4.79 Å². The van der Waals surface area contributed by atoms with Crippen molar-refractivity contribution < 1.29 is 9.90 Å². The third-order valence-corrected chi connectivity index (χ3v) is 4.32. The third-order valence-electron chi connectivity index (χ3n) is 4.32. The van der Waals surface area contributed by atoms with E-state index in [9.17, 15) is 9.90 Å². The van der Waals surface area contributed by atoms with Gasteiger partial charge in [0.1, 0.15) is 0 Å². The Morgan fingerprint density at radius 2 is 2.16 bits per heavy atom. The Labute approximate surface area is 122 Å². The molecule has 19 heavy (non-hydrogen) atoms. The predicted octanol–water partition coefficient (Wildman–Crippen LogP) is 1.46. The maximum Gasteiger partial charge on any atom is 0.237 e. The number of nitrogens with one attached hydrogen (secondary N) is 2. The van der Waals surface area contributed by atoms with Gasteiger partial charge in [-0.25, -0.2) is 0 Å². The van der Waals surface area contributed by atoms with Crippen LogP contribution in [0.4, 0.5) is 0 Å². The van der Waals surface area contributed by atoms with Gasteiger partial charge in [-0.05, 0) is 37.0 Å². The molecule has 0 radical (unpaired) electrons. The highest BCUT2D eigenvalue weighted by molar-refractivity contribution is 5.85. The van der Waals surface area contributed by atoms with Gasteiger partial charge in [0.05, 0.1) is 12.1 Å². The fourth-order valence-corrected chi connectivity index (χ4v) is 3.31. The summed E-state index contributed by atoms with van der Waals surface area (Å²) in [5, 5.41) is 15.5. The monoisotopic (exact) mass is 290 g/mol. The van der Waals surface area contributed by atoms with Crippen molar-refractivity contribution in [3.63, 3.8) is 0 Å². The van der Waals surface area contributed by atoms with Crippen molar-refractivity contribution in [3.05, 3.63) is 0 Å². The van der Waals surface area contributed by atoms with E-state index >= 15 is 0 Å². The molecule has 1 saturated heterocycles. The summed E-state index contributed by atoms with van der Waals surface area (Å²) in [5.41, 5.74) is 0.348. The van der Waals surface area contributed by atoms with Gasteiger partial charge >= 0.3 is 0 Å². The van der Waals surface area contributed by atoms with E-state index in [2.05, 4.69) is 24.5 Å². The normalized spacial score (nSPS) is 28.6. The number of aliphatic hydroxyl groups excluding tert-OH is 1. The minimum Gasteiger partial charge on any atom is -0.392 e. The number of β-amino-alcohol motifs (C(OH)–C–C–N with tert-alkyl or cyclic N) is 1. The summed E-state index contributed by atoms with van der Waals surface area (Å²) < 4.78 is 0. The Balaban J connectivity index is 0.00000180. The van der Waals surface area contributed by atoms with E-state index < -0.39 is 0 Å². The molecule has 0 bridgehead atoms. The van der Waals surface area contributed by atoms with Crippen LogP contribution in [0.3, 0.4) is 0 Å². The lowest BCUT2D eigenvalue weighted by molar-refractivity contribution is -0.124. The van der Waals surface area contributed by atoms with Crippen LogP contribution in [0.25, 0.3) is 0 Å². The van der Waals surface area contributed by atoms with Crippen molar-refractivity contribution in [1.82, 2.24) is 10.6 Å². The lowest BCUT2D eigenvalue weighted by atomic mass is 9.64. The van der Waals surface area contributed by atoms with Gasteiger partial charge in [-0.15, -0.1) is 12.4 Å². The molecule has 2 unspecified atom stereocenters. The Morgan fingerprint density at radius 1 is 1.47 bits per heavy atom. The molecule has 0 aromatic carbocycles. The molecule has 1 heterocycles. The molecular weight excluding hydrogens is 264 g/mol. The van der Waals surface area contributed by atoms with Gasteiger partial charge in [0.15, 0.2) is 0 Å². The first-order chi connectivity index (χ1) is 8.51. The van der Waals surface area contributed by atoms with Gasteiger partial charge in [0.2, 0.25) is 5.91 Å². The second-order valence-corrected chi connectivity index (χ2v) is 6.52. The molecule has 2 atom stereocenters. The smallest absolute Gasteiger partial charge is 0.237 e. The quantitative estimate of drug-likeness (QED) is 0.718. The van der Waals surface area contributed by atoms with Gasteiger partial charge in [-0.1, -0.05) is 20.3 Å². The number of halogens is 1. The van der Waals surface area contributed by atoms with Crippen molar-refractivity contribution in [2.75, 3.05) is 13.1 Å². The van der Waals surface area contributed by atoms with Crippen LogP contribution in [0.1, 0.15) is 46.0 Å². The first-order valence-corrected chi connectivity index (χ1v) is 7.20. The standard InChI is InChI=1S/C14H26N2O2.ClH/c1-10(2)7-14(4-3-5-14)9-16-13(18)12-6-11(17)8-15-12;/h10-12,15,17H,3-9H2,1-2H3,(H,16,18);1H. The van der Waals surface area contributed by atoms with Gasteiger partial charge in [0.25, 0.3) is 0 Å². The first kappa shape index (κ1) is 16.7. The largest absolute Gasteiger partial charge is 0.392 e. The summed E-state index contributed by atoms with van der Waals surface area (Å²) in [7, 11) is 0. The van der Waals surface area contributed by atoms with Crippen LogP contribution in [0.15, 0.2) is 0 Å². The molecule has 0 spiro atoms. The fourth-order valence-electron chi connectivity index (χ4n) is 3.31. The maximum absolute atomic E-state index is 12.0. The maximum atomic E-state index is 12.0. The number of carbonyl (C=O) groups excluding carboxylic acids is 1. The van der Waals surface area contributed by atoms with Crippen molar-refractivity contribution in [1.29, 1.82) is 0 Å². The Kier molecular flexibility index (Phi) is 6.09. The number of hydrogen-bond donors (Lipinski definition) is 3. The third kappa shape index (κ3) is 4.33. The van der Waals surface area contributed by atoms with Crippen LogP contribution in [-0.4, -0.2) is 36.2 Å². The minimum absolute atomic E-state index is 0. The molecule has 4 nitrogen and oxygen atoms in total. The molecule has 1 amide bonds. The van der Waals surface area contributed by atoms with E-state index in [1.807, 2.05) is 0 Å². The highest BCUT2D eigenvalue weighted by atomic mass is 35.5. The molecule has 1 aliphatic carbocycles. The molecule has 2 aliphatic rings. The molecule has 3 N–H and O–H groups in total. The van der Waals surface area contributed by atoms with Gasteiger partial charge < -0.3 is 15.7 Å². The lowest BCUT2D eigenvalue weighted by Gasteiger charge is -2.43. The number of rotatable bonds is 5. The minimum atomic E-state index is -0.367. The molecule has 5 heteroatoms. The zero-order chi connectivity index (χ0) is 13.2. The molecular formula is C14H27ClN2O2. The molecule has 0 aromatic rings. The molecule has 1 saturated carbocycles. The molecule has 0 aromatic heterocycles. The topological polar surface area (TPSA) is 61.4 Å². The first-order valence-electron chi connectivity index (χ1n) is 7.20. The van der Waals surface area contributed by atoms with Crippen LogP contribution in [0.2, 0.25) is 0 Å². The second-order valence-electron chi connectivity index (χ2n) is 6.52. The van der Waals surface area contributed by atoms with Gasteiger partial charge in [-0.2, -0.15) is 0 Å². The van der Waals surface area contributed by atoms with Crippen LogP contribution < -0.4 is 10.6 Å². The zero-order valence-corrected chi connectivity index (χ0v) is 12.8. The predicted molar refractivity (Wildman–Crippen MR) is 78.4 cm³/mol. The summed E-state index contributed by atoms with van der Waals surface area (Å²) in [6.07, 6.45) is 5.16. The van der Waals surface area contributed by atoms with Crippen LogP contribution in [0, 0.1) is 11.3 Å². The lowest BCUT2D eigenvalue weighted by Crippen LogP contribution is -2.47. The van der Waals surface area contributed by atoms with Crippen molar-refractivity contribution >= 4 is 18.3 Å². The molecule has 112 valence electrons. The van der Waals surface area contributed by atoms with Gasteiger partial charge in [0, 0.05) is 13.1 Å². The summed E-state index contributed by atoms with van der Waals surface area (Å²) in [4.78, 5) is 12.0. The Bertz CT molecular complexity index is 306. The van der Waals surface area contributed by atoms with Crippen molar-refractivity contribution in [2.24, 2.45) is 11.3 Å². The zero-order valence-electron chi connectivity index (χ0n) is 11.9. The number of hydrogen-bond acceptors (Lipinski definition) is 3. The summed E-state index contributed by atoms with van der Waals surface area (Å²) >= 11 is 0. The second kappa shape index (κ2) is 6.91. The van der Waals surface area contributed by atoms with Crippen molar-refractivity contribution in [2.45, 2.75) is 58.1 Å². The van der Waals surface area contributed by atoms with E-state index in [0.29, 0.717) is 24.3 Å². The summed E-state index contributed by atoms with van der Waals surface area (Å²) in [5.74, 6) is 0.746. The average Bonchev–Trinajstić information content (AvgIpc) is 2.68. The Morgan fingerprint density at radius 3 is 2.58 bits per heavy atom. The van der Waals surface area contributed by atoms with Crippen LogP contribution in [0.5, 0.6) is 0 Å². The van der Waals surface area contributed by atoms with Crippen molar-refractivity contribution in [3.8, 4) is 0 Å². The number of amides is 1. The number of carbonyl (C=O) groups is 1. The molecule has 1 aliphatic heterocycles. The van der Waals surface area contributed by atoms with E-state index in [-0.39, 0.29) is 30.5 Å². The Hall–Kier alpha value is -0.320. The average molecular weight is 291 g/mol. The van der Waals surface area contributed by atoms with E-state index in [1.165, 1.54) is 25.7 Å². The van der Waals surface area contributed by atoms with E-state index in [0.717, 1.165) is 6.54 Å². The number of aliphatic hydroxyl groups is 1. The van der Waals surface area contributed by atoms with Gasteiger partial charge in [-0.3, -0.25) is 4.79 Å². The highest BCUT2D eigenvalue weighted by Crippen LogP contribution is 2.45.